The Labute approximate surface area is 235 Å². The maximum Gasteiger partial charge on any atom is 0.228 e. The average Bonchev–Trinajstić information content (AvgIpc) is 3.32. The third kappa shape index (κ3) is 12.0. The van der Waals surface area contributed by atoms with Crippen molar-refractivity contribution < 1.29 is 9.53 Å². The number of hydrogen-bond donors (Lipinski definition) is 1. The summed E-state index contributed by atoms with van der Waals surface area (Å²) in [4.78, 5) is 16.5. The number of rotatable bonds is 19. The van der Waals surface area contributed by atoms with E-state index in [1.165, 1.54) is 81.1 Å². The molecule has 1 aliphatic rings. The van der Waals surface area contributed by atoms with Crippen molar-refractivity contribution in [2.45, 2.75) is 104 Å². The highest BCUT2D eigenvalue weighted by Gasteiger charge is 2.12. The van der Waals surface area contributed by atoms with Gasteiger partial charge in [0, 0.05) is 24.0 Å². The molecule has 1 amide bonds. The van der Waals surface area contributed by atoms with E-state index in [0.29, 0.717) is 13.0 Å². The summed E-state index contributed by atoms with van der Waals surface area (Å²) in [6, 6.07) is 16.1. The molecule has 4 nitrogen and oxygen atoms in total. The van der Waals surface area contributed by atoms with E-state index in [4.69, 9.17) is 4.74 Å². The Morgan fingerprint density at radius 3 is 2.26 bits per heavy atom. The standard InChI is InChI=1S/C33H48N2O2S/c1-3-4-5-6-7-8-9-10-11-12-13-16-22-37-32-21-15-14-19-30(32)24-33(36)34-31-20-17-18-29(23-31)26-35-25-28(2)38-27-35/h14-15,17-21,23,25H,3-13,16,22,24,26-27H2,1-2H3,(H,34,36). The molecule has 5 heteroatoms. The molecule has 0 aromatic heterocycles. The summed E-state index contributed by atoms with van der Waals surface area (Å²) in [5, 5.41) is 3.08. The van der Waals surface area contributed by atoms with Crippen LogP contribution in [0, 0.1) is 0 Å². The minimum atomic E-state index is -0.0176. The third-order valence-electron chi connectivity index (χ3n) is 7.00. The minimum Gasteiger partial charge on any atom is -0.493 e. The molecule has 0 spiro atoms. The highest BCUT2D eigenvalue weighted by Crippen LogP contribution is 2.26. The molecule has 0 bridgehead atoms. The quantitative estimate of drug-likeness (QED) is 0.182. The lowest BCUT2D eigenvalue weighted by Crippen LogP contribution is -2.16. The Morgan fingerprint density at radius 1 is 0.895 bits per heavy atom. The van der Waals surface area contributed by atoms with Crippen molar-refractivity contribution in [1.82, 2.24) is 4.90 Å². The Morgan fingerprint density at radius 2 is 1.58 bits per heavy atom. The molecule has 0 atom stereocenters. The van der Waals surface area contributed by atoms with Gasteiger partial charge < -0.3 is 15.0 Å². The van der Waals surface area contributed by atoms with Gasteiger partial charge in [-0.2, -0.15) is 0 Å². The number of carbonyl (C=O) groups is 1. The Balaban J connectivity index is 1.32. The van der Waals surface area contributed by atoms with Crippen LogP contribution in [0.25, 0.3) is 0 Å². The summed E-state index contributed by atoms with van der Waals surface area (Å²) in [7, 11) is 0. The van der Waals surface area contributed by atoms with Crippen molar-refractivity contribution in [3.8, 4) is 5.75 Å². The lowest BCUT2D eigenvalue weighted by Gasteiger charge is -2.15. The maximum atomic E-state index is 12.8. The second-order valence-electron chi connectivity index (χ2n) is 10.5. The van der Waals surface area contributed by atoms with Gasteiger partial charge in [0.25, 0.3) is 0 Å². The lowest BCUT2D eigenvalue weighted by atomic mass is 10.1. The number of unbranched alkanes of at least 4 members (excludes halogenated alkanes) is 11. The molecule has 0 aliphatic carbocycles. The van der Waals surface area contributed by atoms with E-state index < -0.39 is 0 Å². The van der Waals surface area contributed by atoms with E-state index in [1.54, 1.807) is 0 Å². The van der Waals surface area contributed by atoms with Gasteiger partial charge in [0.1, 0.15) is 5.75 Å². The molecular formula is C33H48N2O2S. The van der Waals surface area contributed by atoms with Gasteiger partial charge in [0.05, 0.1) is 18.9 Å². The molecule has 0 unspecified atom stereocenters. The summed E-state index contributed by atoms with van der Waals surface area (Å²) in [6.07, 6.45) is 18.5. The fraction of sp³-hybridized carbons (Fsp3) is 0.545. The molecule has 0 fully saturated rings. The number of allylic oxidation sites excluding steroid dienone is 1. The van der Waals surface area contributed by atoms with Crippen molar-refractivity contribution in [2.24, 2.45) is 0 Å². The van der Waals surface area contributed by atoms with E-state index in [0.717, 1.165) is 35.8 Å². The largest absolute Gasteiger partial charge is 0.493 e. The molecule has 38 heavy (non-hydrogen) atoms. The Kier molecular flexibility index (Phi) is 14.3. The van der Waals surface area contributed by atoms with Gasteiger partial charge in [-0.25, -0.2) is 0 Å². The van der Waals surface area contributed by atoms with Crippen molar-refractivity contribution in [3.05, 3.63) is 70.8 Å². The van der Waals surface area contributed by atoms with E-state index in [1.807, 2.05) is 48.2 Å². The number of anilines is 1. The van der Waals surface area contributed by atoms with Crippen LogP contribution in [0.5, 0.6) is 5.75 Å². The number of thioether (sulfide) groups is 1. The number of ether oxygens (including phenoxy) is 1. The first-order valence-corrected chi connectivity index (χ1v) is 15.8. The normalized spacial score (nSPS) is 13.0. The fourth-order valence-electron chi connectivity index (χ4n) is 4.88. The van der Waals surface area contributed by atoms with Gasteiger partial charge >= 0.3 is 0 Å². The molecule has 1 heterocycles. The molecule has 2 aromatic carbocycles. The highest BCUT2D eigenvalue weighted by atomic mass is 32.2. The molecule has 2 aromatic rings. The Hall–Kier alpha value is -2.40. The van der Waals surface area contributed by atoms with Crippen LogP contribution >= 0.6 is 11.8 Å². The summed E-state index contributed by atoms with van der Waals surface area (Å²) < 4.78 is 6.09. The van der Waals surface area contributed by atoms with Gasteiger partial charge in [0.2, 0.25) is 5.91 Å². The average molecular weight is 537 g/mol. The van der Waals surface area contributed by atoms with E-state index >= 15 is 0 Å². The fourth-order valence-corrected chi connectivity index (χ4v) is 5.64. The predicted octanol–water partition coefficient (Wildman–Crippen LogP) is 9.32. The molecule has 1 aliphatic heterocycles. The van der Waals surface area contributed by atoms with Crippen LogP contribution in [-0.4, -0.2) is 23.3 Å². The number of nitrogens with zero attached hydrogens (tertiary/aromatic N) is 1. The number of para-hydroxylation sites is 1. The maximum absolute atomic E-state index is 12.8. The second kappa shape index (κ2) is 18.0. The molecule has 0 radical (unpaired) electrons. The van der Waals surface area contributed by atoms with Gasteiger partial charge in [-0.15, -0.1) is 11.8 Å². The number of nitrogens with one attached hydrogen (secondary N) is 1. The molecular weight excluding hydrogens is 488 g/mol. The van der Waals surface area contributed by atoms with Crippen LogP contribution in [0.3, 0.4) is 0 Å². The van der Waals surface area contributed by atoms with Crippen LogP contribution in [0.2, 0.25) is 0 Å². The molecule has 0 saturated heterocycles. The number of hydrogen-bond acceptors (Lipinski definition) is 4. The van der Waals surface area contributed by atoms with Crippen molar-refractivity contribution >= 4 is 23.4 Å². The number of amides is 1. The SMILES string of the molecule is CCCCCCCCCCCCCCOc1ccccc1CC(=O)Nc1cccc(CN2C=C(C)SC2)c1. The van der Waals surface area contributed by atoms with Gasteiger partial charge in [-0.3, -0.25) is 4.79 Å². The summed E-state index contributed by atoms with van der Waals surface area (Å²) in [6.45, 7) is 5.98. The van der Waals surface area contributed by atoms with Crippen LogP contribution in [0.1, 0.15) is 102 Å². The van der Waals surface area contributed by atoms with Gasteiger partial charge in [-0.05, 0) is 42.0 Å². The van der Waals surface area contributed by atoms with Crippen molar-refractivity contribution in [3.63, 3.8) is 0 Å². The minimum absolute atomic E-state index is 0.0176. The number of carbonyl (C=O) groups excluding carboxylic acids is 1. The molecule has 3 rings (SSSR count). The van der Waals surface area contributed by atoms with Crippen LogP contribution in [0.4, 0.5) is 5.69 Å². The first-order chi connectivity index (χ1) is 18.6. The van der Waals surface area contributed by atoms with Crippen LogP contribution in [-0.2, 0) is 17.8 Å². The smallest absolute Gasteiger partial charge is 0.228 e. The van der Waals surface area contributed by atoms with Crippen LogP contribution in [0.15, 0.2) is 59.6 Å². The van der Waals surface area contributed by atoms with Crippen molar-refractivity contribution in [2.75, 3.05) is 17.8 Å². The first-order valence-electron chi connectivity index (χ1n) is 14.8. The number of benzene rings is 2. The topological polar surface area (TPSA) is 41.6 Å². The van der Waals surface area contributed by atoms with Gasteiger partial charge in [0.15, 0.2) is 0 Å². The molecule has 0 saturated carbocycles. The Bertz CT molecular complexity index is 990. The van der Waals surface area contributed by atoms with E-state index in [-0.39, 0.29) is 5.91 Å². The zero-order chi connectivity index (χ0) is 26.8. The monoisotopic (exact) mass is 536 g/mol. The second-order valence-corrected chi connectivity index (χ2v) is 11.7. The van der Waals surface area contributed by atoms with E-state index in [9.17, 15) is 4.79 Å². The van der Waals surface area contributed by atoms with E-state index in [2.05, 4.69) is 42.4 Å². The summed E-state index contributed by atoms with van der Waals surface area (Å²) in [5.74, 6) is 1.79. The zero-order valence-corrected chi connectivity index (χ0v) is 24.5. The molecule has 1 N–H and O–H groups in total. The first kappa shape index (κ1) is 30.1. The zero-order valence-electron chi connectivity index (χ0n) is 23.7. The molecule has 208 valence electrons. The van der Waals surface area contributed by atoms with Crippen LogP contribution < -0.4 is 10.1 Å². The van der Waals surface area contributed by atoms with Crippen molar-refractivity contribution in [1.29, 1.82) is 0 Å². The highest BCUT2D eigenvalue weighted by molar-refractivity contribution is 8.03. The predicted molar refractivity (Wildman–Crippen MR) is 164 cm³/mol. The summed E-state index contributed by atoms with van der Waals surface area (Å²) >= 11 is 1.86. The summed E-state index contributed by atoms with van der Waals surface area (Å²) in [5.41, 5.74) is 2.98. The lowest BCUT2D eigenvalue weighted by molar-refractivity contribution is -0.115. The van der Waals surface area contributed by atoms with Gasteiger partial charge in [-0.1, -0.05) is 108 Å². The third-order valence-corrected chi connectivity index (χ3v) is 8.02.